The van der Waals surface area contributed by atoms with Gasteiger partial charge in [0.2, 0.25) is 0 Å². The van der Waals surface area contributed by atoms with Gasteiger partial charge in [-0.05, 0) is 41.9 Å². The van der Waals surface area contributed by atoms with E-state index >= 15 is 0 Å². The lowest BCUT2D eigenvalue weighted by atomic mass is 10.0. The lowest BCUT2D eigenvalue weighted by Crippen LogP contribution is -1.96. The standard InChI is InChI=1S/C16H14BrN3O2/c1-7-4-9-13(11-6-12(18)20(3)19-11)15-10(5-8(2)21-15)14(17)16(9)22-7/h4-6H,18H2,1-3H3. The number of aromatic nitrogens is 2. The predicted octanol–water partition coefficient (Wildman–Crippen LogP) is 4.54. The van der Waals surface area contributed by atoms with E-state index in [-0.39, 0.29) is 0 Å². The normalized spacial score (nSPS) is 11.8. The van der Waals surface area contributed by atoms with E-state index in [9.17, 15) is 0 Å². The Bertz CT molecular complexity index is 962. The summed E-state index contributed by atoms with van der Waals surface area (Å²) in [6.45, 7) is 3.85. The van der Waals surface area contributed by atoms with Crippen LogP contribution in [0.4, 0.5) is 5.82 Å². The molecule has 4 rings (SSSR count). The average molecular weight is 360 g/mol. The molecule has 0 bridgehead atoms. The number of rotatable bonds is 1. The van der Waals surface area contributed by atoms with Crippen molar-refractivity contribution in [3.05, 3.63) is 34.2 Å². The number of halogens is 1. The van der Waals surface area contributed by atoms with Gasteiger partial charge in [-0.2, -0.15) is 5.10 Å². The fourth-order valence-electron chi connectivity index (χ4n) is 2.83. The molecule has 1 aromatic carbocycles. The number of nitrogens with two attached hydrogens (primary N) is 1. The highest BCUT2D eigenvalue weighted by atomic mass is 79.9. The van der Waals surface area contributed by atoms with E-state index in [0.29, 0.717) is 5.82 Å². The molecule has 4 aromatic rings. The maximum atomic E-state index is 5.94. The highest BCUT2D eigenvalue weighted by Gasteiger charge is 2.22. The van der Waals surface area contributed by atoms with Crippen LogP contribution in [-0.4, -0.2) is 9.78 Å². The molecule has 6 heteroatoms. The second kappa shape index (κ2) is 4.39. The third-order valence-corrected chi connectivity index (χ3v) is 4.60. The zero-order valence-corrected chi connectivity index (χ0v) is 14.0. The van der Waals surface area contributed by atoms with Crippen molar-refractivity contribution in [2.24, 2.45) is 7.05 Å². The molecule has 0 fully saturated rings. The van der Waals surface area contributed by atoms with Crippen LogP contribution in [0.25, 0.3) is 33.2 Å². The van der Waals surface area contributed by atoms with Crippen LogP contribution in [0.2, 0.25) is 0 Å². The molecule has 0 aliphatic rings. The number of hydrogen-bond donors (Lipinski definition) is 1. The predicted molar refractivity (Wildman–Crippen MR) is 89.8 cm³/mol. The van der Waals surface area contributed by atoms with Gasteiger partial charge in [0.15, 0.2) is 0 Å². The maximum Gasteiger partial charge on any atom is 0.149 e. The van der Waals surface area contributed by atoms with Gasteiger partial charge in [-0.1, -0.05) is 0 Å². The Hall–Kier alpha value is -2.21. The highest BCUT2D eigenvalue weighted by Crippen LogP contribution is 2.43. The maximum absolute atomic E-state index is 5.94. The summed E-state index contributed by atoms with van der Waals surface area (Å²) in [5, 5.41) is 6.44. The topological polar surface area (TPSA) is 70.1 Å². The van der Waals surface area contributed by atoms with Crippen molar-refractivity contribution in [3.63, 3.8) is 0 Å². The molecule has 2 N–H and O–H groups in total. The Morgan fingerprint density at radius 2 is 1.68 bits per heavy atom. The van der Waals surface area contributed by atoms with E-state index in [1.165, 1.54) is 0 Å². The largest absolute Gasteiger partial charge is 0.461 e. The van der Waals surface area contributed by atoms with E-state index in [1.54, 1.807) is 4.68 Å². The molecule has 3 heterocycles. The molecule has 0 saturated heterocycles. The van der Waals surface area contributed by atoms with Gasteiger partial charge in [-0.3, -0.25) is 4.68 Å². The van der Waals surface area contributed by atoms with E-state index in [4.69, 9.17) is 14.6 Å². The molecular weight excluding hydrogens is 346 g/mol. The molecule has 0 amide bonds. The van der Waals surface area contributed by atoms with Crippen molar-refractivity contribution in [1.82, 2.24) is 9.78 Å². The summed E-state index contributed by atoms with van der Waals surface area (Å²) < 4.78 is 14.3. The SMILES string of the molecule is Cc1cc2c(-c3cc(N)n(C)n3)c3oc(C)cc3c(Br)c2o1. The zero-order chi connectivity index (χ0) is 15.6. The van der Waals surface area contributed by atoms with Gasteiger partial charge in [-0.25, -0.2) is 0 Å². The number of furan rings is 2. The number of anilines is 1. The Kier molecular flexibility index (Phi) is 2.69. The second-order valence-corrected chi connectivity index (χ2v) is 6.26. The summed E-state index contributed by atoms with van der Waals surface area (Å²) in [7, 11) is 1.82. The van der Waals surface area contributed by atoms with E-state index in [1.807, 2.05) is 39.1 Å². The molecule has 112 valence electrons. The molecule has 5 nitrogen and oxygen atoms in total. The number of hydrogen-bond acceptors (Lipinski definition) is 4. The number of nitrogen functional groups attached to an aromatic ring is 1. The molecule has 3 aromatic heterocycles. The van der Waals surface area contributed by atoms with Gasteiger partial charge in [0.1, 0.15) is 28.5 Å². The van der Waals surface area contributed by atoms with Crippen LogP contribution in [0.5, 0.6) is 0 Å². The summed E-state index contributed by atoms with van der Waals surface area (Å²) in [4.78, 5) is 0. The highest BCUT2D eigenvalue weighted by molar-refractivity contribution is 9.10. The number of fused-ring (bicyclic) bond motifs is 2. The van der Waals surface area contributed by atoms with Crippen molar-refractivity contribution in [3.8, 4) is 11.3 Å². The monoisotopic (exact) mass is 359 g/mol. The van der Waals surface area contributed by atoms with Crippen molar-refractivity contribution in [2.45, 2.75) is 13.8 Å². The van der Waals surface area contributed by atoms with E-state index in [2.05, 4.69) is 21.0 Å². The van der Waals surface area contributed by atoms with Crippen LogP contribution in [0.15, 0.2) is 31.5 Å². The Morgan fingerprint density at radius 1 is 1.05 bits per heavy atom. The minimum Gasteiger partial charge on any atom is -0.461 e. The average Bonchev–Trinajstić information content (AvgIpc) is 3.10. The summed E-state index contributed by atoms with van der Waals surface area (Å²) in [6.07, 6.45) is 0. The van der Waals surface area contributed by atoms with E-state index in [0.717, 1.165) is 49.2 Å². The van der Waals surface area contributed by atoms with Gasteiger partial charge in [0, 0.05) is 23.9 Å². The van der Waals surface area contributed by atoms with Gasteiger partial charge in [0.25, 0.3) is 0 Å². The first kappa shape index (κ1) is 13.5. The Balaban J connectivity index is 2.23. The van der Waals surface area contributed by atoms with Gasteiger partial charge in [-0.15, -0.1) is 0 Å². The summed E-state index contributed by atoms with van der Waals surface area (Å²) in [6, 6.07) is 5.84. The molecule has 0 spiro atoms. The fourth-order valence-corrected chi connectivity index (χ4v) is 3.42. The van der Waals surface area contributed by atoms with Crippen LogP contribution in [0, 0.1) is 13.8 Å². The minimum atomic E-state index is 0.600. The number of nitrogens with zero attached hydrogens (tertiary/aromatic N) is 2. The molecule has 22 heavy (non-hydrogen) atoms. The van der Waals surface area contributed by atoms with Crippen molar-refractivity contribution in [2.75, 3.05) is 5.73 Å². The van der Waals surface area contributed by atoms with Crippen molar-refractivity contribution >= 4 is 43.7 Å². The molecule has 0 aliphatic heterocycles. The van der Waals surface area contributed by atoms with Gasteiger partial charge < -0.3 is 14.6 Å². The fraction of sp³-hybridized carbons (Fsp3) is 0.188. The van der Waals surface area contributed by atoms with Crippen molar-refractivity contribution in [1.29, 1.82) is 0 Å². The van der Waals surface area contributed by atoms with E-state index < -0.39 is 0 Å². The van der Waals surface area contributed by atoms with Crippen LogP contribution in [-0.2, 0) is 7.05 Å². The minimum absolute atomic E-state index is 0.600. The molecule has 0 atom stereocenters. The number of benzene rings is 1. The van der Waals surface area contributed by atoms with Gasteiger partial charge in [0.05, 0.1) is 15.7 Å². The summed E-state index contributed by atoms with van der Waals surface area (Å²) in [5.41, 5.74) is 9.21. The Morgan fingerprint density at radius 3 is 2.32 bits per heavy atom. The molecule has 0 unspecified atom stereocenters. The van der Waals surface area contributed by atoms with Crippen LogP contribution >= 0.6 is 15.9 Å². The smallest absolute Gasteiger partial charge is 0.149 e. The van der Waals surface area contributed by atoms with Crippen LogP contribution in [0.3, 0.4) is 0 Å². The molecule has 0 saturated carbocycles. The zero-order valence-electron chi connectivity index (χ0n) is 12.4. The lowest BCUT2D eigenvalue weighted by Gasteiger charge is -2.03. The quantitative estimate of drug-likeness (QED) is 0.541. The second-order valence-electron chi connectivity index (χ2n) is 5.47. The van der Waals surface area contributed by atoms with Crippen LogP contribution < -0.4 is 5.73 Å². The third kappa shape index (κ3) is 1.73. The lowest BCUT2D eigenvalue weighted by molar-refractivity contribution is 0.575. The molecule has 0 radical (unpaired) electrons. The van der Waals surface area contributed by atoms with Crippen LogP contribution in [0.1, 0.15) is 11.5 Å². The first-order chi connectivity index (χ1) is 10.5. The molecular formula is C16H14BrN3O2. The summed E-state index contributed by atoms with van der Waals surface area (Å²) >= 11 is 3.63. The molecule has 0 aliphatic carbocycles. The third-order valence-electron chi connectivity index (χ3n) is 3.81. The summed E-state index contributed by atoms with van der Waals surface area (Å²) in [5.74, 6) is 2.28. The van der Waals surface area contributed by atoms with Gasteiger partial charge >= 0.3 is 0 Å². The number of aryl methyl sites for hydroxylation is 3. The first-order valence-electron chi connectivity index (χ1n) is 6.87. The Labute approximate surface area is 134 Å². The first-order valence-corrected chi connectivity index (χ1v) is 7.66. The van der Waals surface area contributed by atoms with Crippen molar-refractivity contribution < 1.29 is 8.83 Å².